The van der Waals surface area contributed by atoms with E-state index in [1.165, 1.54) is 0 Å². The smallest absolute Gasteiger partial charge is 0.407 e. The molecule has 0 saturated heterocycles. The molecule has 3 aromatic carbocycles. The highest BCUT2D eigenvalue weighted by atomic mass is 31.2. The molecule has 0 aliphatic rings. The van der Waals surface area contributed by atoms with Crippen LogP contribution in [0.1, 0.15) is 31.4 Å². The Morgan fingerprint density at radius 2 is 1.44 bits per heavy atom. The third-order valence-electron chi connectivity index (χ3n) is 6.43. The van der Waals surface area contributed by atoms with Crippen LogP contribution in [0.4, 0.5) is 4.79 Å². The number of rotatable bonds is 14. The van der Waals surface area contributed by atoms with Crippen molar-refractivity contribution < 1.29 is 33.7 Å². The first-order valence-electron chi connectivity index (χ1n) is 13.5. The monoisotopic (exact) mass is 580 g/mol. The fourth-order valence-electron chi connectivity index (χ4n) is 4.39. The third kappa shape index (κ3) is 10.9. The number of alkyl carbamates (subject to hydrolysis) is 1. The number of ether oxygens (including phenoxy) is 1. The molecule has 0 bridgehead atoms. The molecule has 3 atom stereocenters. The molecule has 0 saturated carbocycles. The minimum Gasteiger partial charge on any atom is -0.480 e. The van der Waals surface area contributed by atoms with Gasteiger partial charge in [-0.05, 0) is 34.6 Å². The average Bonchev–Trinajstić information content (AvgIpc) is 2.95. The molecule has 218 valence electrons. The van der Waals surface area contributed by atoms with Crippen molar-refractivity contribution in [3.05, 3.63) is 96.1 Å². The van der Waals surface area contributed by atoms with Crippen molar-refractivity contribution in [3.63, 3.8) is 0 Å². The molecule has 0 fully saturated rings. The lowest BCUT2D eigenvalue weighted by Crippen LogP contribution is -2.46. The summed E-state index contributed by atoms with van der Waals surface area (Å²) in [5.41, 5.74) is 3.51. The Labute approximate surface area is 240 Å². The Bertz CT molecular complexity index is 1330. The van der Waals surface area contributed by atoms with E-state index in [0.29, 0.717) is 0 Å². The number of carboxylic acid groups (broad SMARTS) is 1. The summed E-state index contributed by atoms with van der Waals surface area (Å²) in [5, 5.41) is 14.7. The van der Waals surface area contributed by atoms with Gasteiger partial charge in [-0.15, -0.1) is 0 Å². The van der Waals surface area contributed by atoms with E-state index >= 15 is 0 Å². The highest BCUT2D eigenvalue weighted by molar-refractivity contribution is 7.58. The Hall–Kier alpha value is -3.94. The molecule has 9 nitrogen and oxygen atoms in total. The van der Waals surface area contributed by atoms with Crippen LogP contribution in [-0.2, 0) is 31.9 Å². The van der Waals surface area contributed by atoms with Crippen LogP contribution in [0.3, 0.4) is 0 Å². The van der Waals surface area contributed by atoms with Crippen molar-refractivity contribution >= 4 is 25.3 Å². The third-order valence-corrected chi connectivity index (χ3v) is 8.09. The van der Waals surface area contributed by atoms with Gasteiger partial charge in [0.15, 0.2) is 0 Å². The normalized spacial score (nSPS) is 14.0. The largest absolute Gasteiger partial charge is 0.480 e. The van der Waals surface area contributed by atoms with E-state index in [1.807, 2.05) is 74.5 Å². The van der Waals surface area contributed by atoms with E-state index in [0.717, 1.165) is 22.3 Å². The van der Waals surface area contributed by atoms with Gasteiger partial charge in [-0.2, -0.15) is 0 Å². The van der Waals surface area contributed by atoms with E-state index in [1.54, 1.807) is 24.3 Å². The van der Waals surface area contributed by atoms with Crippen LogP contribution in [0.25, 0.3) is 11.1 Å². The minimum absolute atomic E-state index is 0.00311. The minimum atomic E-state index is -4.00. The van der Waals surface area contributed by atoms with Gasteiger partial charge in [0.05, 0.1) is 6.29 Å². The fourth-order valence-corrected chi connectivity index (χ4v) is 5.90. The Morgan fingerprint density at radius 3 is 2.02 bits per heavy atom. The summed E-state index contributed by atoms with van der Waals surface area (Å²) in [4.78, 5) is 47.8. The molecular formula is C31H37N2O7P. The van der Waals surface area contributed by atoms with Crippen LogP contribution in [0.2, 0.25) is 0 Å². The summed E-state index contributed by atoms with van der Waals surface area (Å²) >= 11 is 0. The van der Waals surface area contributed by atoms with Crippen molar-refractivity contribution in [3.8, 4) is 11.1 Å². The first-order chi connectivity index (χ1) is 19.5. The zero-order chi connectivity index (χ0) is 29.8. The molecule has 0 aliphatic carbocycles. The second-order valence-corrected chi connectivity index (χ2v) is 12.8. The molecule has 4 N–H and O–H groups in total. The first kappa shape index (κ1) is 31.6. The number of hydrogen-bond acceptors (Lipinski definition) is 5. The van der Waals surface area contributed by atoms with Gasteiger partial charge in [0.25, 0.3) is 0 Å². The van der Waals surface area contributed by atoms with Crippen LogP contribution in [0, 0.1) is 11.8 Å². The zero-order valence-corrected chi connectivity index (χ0v) is 24.1. The summed E-state index contributed by atoms with van der Waals surface area (Å²) in [5.74, 6) is -2.74. The maximum absolute atomic E-state index is 13.2. The van der Waals surface area contributed by atoms with Crippen molar-refractivity contribution in [1.29, 1.82) is 0 Å². The van der Waals surface area contributed by atoms with Gasteiger partial charge in [-0.1, -0.05) is 98.8 Å². The molecule has 10 heteroatoms. The summed E-state index contributed by atoms with van der Waals surface area (Å²) in [6.07, 6.45) is -1.51. The summed E-state index contributed by atoms with van der Waals surface area (Å²) in [6.45, 7) is 3.74. The maximum atomic E-state index is 13.2. The molecular weight excluding hydrogens is 543 g/mol. The summed E-state index contributed by atoms with van der Waals surface area (Å²) in [7, 11) is -4.00. The van der Waals surface area contributed by atoms with Gasteiger partial charge in [0, 0.05) is 18.5 Å². The molecule has 0 heterocycles. The lowest BCUT2D eigenvalue weighted by molar-refractivity contribution is -0.142. The Kier molecular flexibility index (Phi) is 11.7. The van der Waals surface area contributed by atoms with E-state index < -0.39 is 49.7 Å². The molecule has 3 aromatic rings. The Morgan fingerprint density at radius 1 is 0.854 bits per heavy atom. The number of carboxylic acids is 1. The lowest BCUT2D eigenvalue weighted by Gasteiger charge is -2.24. The van der Waals surface area contributed by atoms with E-state index in [4.69, 9.17) is 4.74 Å². The van der Waals surface area contributed by atoms with Crippen LogP contribution in [-0.4, -0.2) is 46.5 Å². The van der Waals surface area contributed by atoms with Gasteiger partial charge in [-0.3, -0.25) is 9.36 Å². The first-order valence-corrected chi connectivity index (χ1v) is 15.5. The van der Waals surface area contributed by atoms with Crippen molar-refractivity contribution in [2.75, 3.05) is 12.4 Å². The lowest BCUT2D eigenvalue weighted by atomic mass is 9.96. The number of nitrogens with one attached hydrogen (secondary N) is 2. The standard InChI is InChI=1S/C31H37N2O7P/c1-22(2)17-27(20-41(38,39)21-32-31(37)40-19-24-9-5-3-6-10-24)29(34)33-28(30(35)36)18-23-13-15-26(16-14-23)25-11-7-4-8-12-25/h3-16,22,27-28H,17-21H2,1-2H3,(H,32,37)(H,33,34)(H,35,36)(H,38,39)/t27?,28-/m0/s1. The second-order valence-electron chi connectivity index (χ2n) is 10.4. The predicted molar refractivity (Wildman–Crippen MR) is 157 cm³/mol. The number of hydrogen-bond donors (Lipinski definition) is 4. The number of benzene rings is 3. The molecule has 2 amide bonds. The predicted octanol–water partition coefficient (Wildman–Crippen LogP) is 5.28. The number of amides is 2. The van der Waals surface area contributed by atoms with Crippen LogP contribution >= 0.6 is 7.37 Å². The molecule has 0 spiro atoms. The average molecular weight is 581 g/mol. The summed E-state index contributed by atoms with van der Waals surface area (Å²) < 4.78 is 18.0. The fraction of sp³-hybridized carbons (Fsp3) is 0.323. The summed E-state index contributed by atoms with van der Waals surface area (Å²) in [6, 6.07) is 25.0. The maximum Gasteiger partial charge on any atom is 0.407 e. The Balaban J connectivity index is 1.59. The molecule has 41 heavy (non-hydrogen) atoms. The van der Waals surface area contributed by atoms with E-state index in [-0.39, 0.29) is 25.4 Å². The number of carbonyl (C=O) groups is 3. The quantitative estimate of drug-likeness (QED) is 0.190. The van der Waals surface area contributed by atoms with E-state index in [9.17, 15) is 28.9 Å². The number of carbonyl (C=O) groups excluding carboxylic acids is 2. The topological polar surface area (TPSA) is 142 Å². The zero-order valence-electron chi connectivity index (χ0n) is 23.2. The molecule has 2 unspecified atom stereocenters. The molecule has 0 radical (unpaired) electrons. The van der Waals surface area contributed by atoms with Crippen molar-refractivity contribution in [1.82, 2.24) is 10.6 Å². The SMILES string of the molecule is CC(C)CC(CP(=O)(O)CNC(=O)OCc1ccccc1)C(=O)N[C@@H](Cc1ccc(-c2ccccc2)cc1)C(=O)O. The van der Waals surface area contributed by atoms with Crippen LogP contribution < -0.4 is 10.6 Å². The van der Waals surface area contributed by atoms with E-state index in [2.05, 4.69) is 10.6 Å². The van der Waals surface area contributed by atoms with Crippen molar-refractivity contribution in [2.24, 2.45) is 11.8 Å². The molecule has 0 aromatic heterocycles. The number of aliphatic carboxylic acids is 1. The van der Waals surface area contributed by atoms with Gasteiger partial charge < -0.3 is 25.4 Å². The van der Waals surface area contributed by atoms with Gasteiger partial charge >= 0.3 is 12.1 Å². The second kappa shape index (κ2) is 15.2. The van der Waals surface area contributed by atoms with Crippen molar-refractivity contribution in [2.45, 2.75) is 39.3 Å². The highest BCUT2D eigenvalue weighted by Gasteiger charge is 2.32. The van der Waals surface area contributed by atoms with Crippen LogP contribution in [0.5, 0.6) is 0 Å². The van der Waals surface area contributed by atoms with Crippen LogP contribution in [0.15, 0.2) is 84.9 Å². The van der Waals surface area contributed by atoms with Gasteiger partial charge in [0.2, 0.25) is 13.3 Å². The molecule has 0 aliphatic heterocycles. The highest BCUT2D eigenvalue weighted by Crippen LogP contribution is 2.42. The molecule has 3 rings (SSSR count). The van der Waals surface area contributed by atoms with Gasteiger partial charge in [0.1, 0.15) is 12.6 Å². The van der Waals surface area contributed by atoms with Gasteiger partial charge in [-0.25, -0.2) is 9.59 Å².